The van der Waals surface area contributed by atoms with E-state index in [-0.39, 0.29) is 17.4 Å². The van der Waals surface area contributed by atoms with Gasteiger partial charge in [-0.3, -0.25) is 24.1 Å². The number of carbonyl (C=O) groups is 1. The lowest BCUT2D eigenvalue weighted by molar-refractivity contribution is 0.0985. The number of amides is 1. The predicted molar refractivity (Wildman–Crippen MR) is 136 cm³/mol. The number of pyridine rings is 1. The molecule has 8 heteroatoms. The van der Waals surface area contributed by atoms with Crippen LogP contribution in [0.2, 0.25) is 0 Å². The molecular weight excluding hydrogens is 430 g/mol. The highest BCUT2D eigenvalue weighted by Crippen LogP contribution is 2.24. The third-order valence-electron chi connectivity index (χ3n) is 5.84. The molecule has 0 radical (unpaired) electrons. The summed E-state index contributed by atoms with van der Waals surface area (Å²) in [5.74, 6) is -0.350. The van der Waals surface area contributed by atoms with Crippen molar-refractivity contribution in [1.82, 2.24) is 14.5 Å². The van der Waals surface area contributed by atoms with Crippen LogP contribution in [0.25, 0.3) is 11.3 Å². The molecule has 180 valence electrons. The number of aromatic nitrogens is 3. The van der Waals surface area contributed by atoms with E-state index in [2.05, 4.69) is 16.9 Å². The normalized spacial score (nSPS) is 10.9. The minimum absolute atomic E-state index is 0.0126. The first-order chi connectivity index (χ1) is 16.4. The molecule has 0 saturated carbocycles. The van der Waals surface area contributed by atoms with Crippen molar-refractivity contribution in [2.24, 2.45) is 0 Å². The first kappa shape index (κ1) is 25.0. The molecule has 8 nitrogen and oxygen atoms in total. The van der Waals surface area contributed by atoms with Crippen LogP contribution >= 0.6 is 0 Å². The maximum absolute atomic E-state index is 13.7. The fraction of sp³-hybridized carbons (Fsp3) is 0.385. The molecule has 0 atom stereocenters. The van der Waals surface area contributed by atoms with E-state index in [0.717, 1.165) is 36.9 Å². The van der Waals surface area contributed by atoms with Crippen LogP contribution in [0.4, 0.5) is 11.5 Å². The van der Waals surface area contributed by atoms with Crippen molar-refractivity contribution < 1.29 is 4.79 Å². The molecule has 1 amide bonds. The van der Waals surface area contributed by atoms with E-state index in [1.807, 2.05) is 37.3 Å². The molecule has 3 rings (SSSR count). The van der Waals surface area contributed by atoms with Crippen molar-refractivity contribution in [2.75, 3.05) is 17.2 Å². The average molecular weight is 464 g/mol. The Morgan fingerprint density at radius 2 is 1.74 bits per heavy atom. The number of anilines is 2. The highest BCUT2D eigenvalue weighted by Gasteiger charge is 2.26. The summed E-state index contributed by atoms with van der Waals surface area (Å²) in [6.07, 6.45) is 4.13. The zero-order valence-electron chi connectivity index (χ0n) is 20.1. The molecule has 0 saturated heterocycles. The first-order valence-electron chi connectivity index (χ1n) is 11.9. The maximum atomic E-state index is 13.7. The highest BCUT2D eigenvalue weighted by atomic mass is 16.2. The summed E-state index contributed by atoms with van der Waals surface area (Å²) in [5, 5.41) is 0. The lowest BCUT2D eigenvalue weighted by Crippen LogP contribution is -2.42. The second kappa shape index (κ2) is 11.4. The number of aromatic amines is 1. The van der Waals surface area contributed by atoms with E-state index < -0.39 is 11.2 Å². The Hall–Kier alpha value is -3.68. The summed E-state index contributed by atoms with van der Waals surface area (Å²) in [4.78, 5) is 47.3. The smallest absolute Gasteiger partial charge is 0.330 e. The molecule has 0 aliphatic carbocycles. The van der Waals surface area contributed by atoms with Gasteiger partial charge >= 0.3 is 5.69 Å². The van der Waals surface area contributed by atoms with Gasteiger partial charge in [0.05, 0.1) is 17.0 Å². The number of hydrogen-bond donors (Lipinski definition) is 2. The van der Waals surface area contributed by atoms with E-state index >= 15 is 0 Å². The van der Waals surface area contributed by atoms with E-state index in [0.29, 0.717) is 30.8 Å². The molecule has 34 heavy (non-hydrogen) atoms. The van der Waals surface area contributed by atoms with Crippen molar-refractivity contribution in [3.05, 3.63) is 74.6 Å². The van der Waals surface area contributed by atoms with Crippen molar-refractivity contribution in [1.29, 1.82) is 0 Å². The number of nitrogens with zero attached hydrogens (tertiary/aromatic N) is 3. The molecule has 0 aliphatic heterocycles. The molecule has 0 unspecified atom stereocenters. The van der Waals surface area contributed by atoms with Gasteiger partial charge in [0.2, 0.25) is 0 Å². The summed E-state index contributed by atoms with van der Waals surface area (Å²) in [7, 11) is 0. The molecule has 0 bridgehead atoms. The molecule has 0 spiro atoms. The Morgan fingerprint density at radius 3 is 2.38 bits per heavy atom. The standard InChI is InChI=1S/C26H33N5O3/c1-4-6-11-17-30(22-23(27)31(16-7-5-2)26(34)29-24(22)32)25(33)20-14-15-21(28-18(20)3)19-12-9-8-10-13-19/h8-10,12-15H,4-7,11,16-17,27H2,1-3H3,(H,29,32,34). The predicted octanol–water partition coefficient (Wildman–Crippen LogP) is 4.13. The van der Waals surface area contributed by atoms with Gasteiger partial charge in [-0.2, -0.15) is 0 Å². The number of unbranched alkanes of at least 4 members (excludes halogenated alkanes) is 3. The third kappa shape index (κ3) is 5.44. The fourth-order valence-corrected chi connectivity index (χ4v) is 3.91. The highest BCUT2D eigenvalue weighted by molar-refractivity contribution is 6.08. The number of nitrogens with one attached hydrogen (secondary N) is 1. The first-order valence-corrected chi connectivity index (χ1v) is 11.9. The summed E-state index contributed by atoms with van der Waals surface area (Å²) in [5.41, 5.74) is 7.77. The Labute approximate surface area is 199 Å². The van der Waals surface area contributed by atoms with Gasteiger partial charge in [0, 0.05) is 18.7 Å². The number of nitrogens with two attached hydrogens (primary N) is 1. The lowest BCUT2D eigenvalue weighted by Gasteiger charge is -2.25. The molecular formula is C26H33N5O3. The summed E-state index contributed by atoms with van der Waals surface area (Å²) < 4.78 is 1.34. The van der Waals surface area contributed by atoms with Crippen molar-refractivity contribution >= 4 is 17.4 Å². The third-order valence-corrected chi connectivity index (χ3v) is 5.84. The topological polar surface area (TPSA) is 114 Å². The average Bonchev–Trinajstić information content (AvgIpc) is 2.83. The van der Waals surface area contributed by atoms with Gasteiger partial charge in [-0.05, 0) is 31.9 Å². The second-order valence-corrected chi connectivity index (χ2v) is 8.36. The van der Waals surface area contributed by atoms with Gasteiger partial charge < -0.3 is 10.6 Å². The van der Waals surface area contributed by atoms with Gasteiger partial charge in [0.1, 0.15) is 5.82 Å². The van der Waals surface area contributed by atoms with Crippen LogP contribution in [-0.4, -0.2) is 27.0 Å². The maximum Gasteiger partial charge on any atom is 0.330 e. The van der Waals surface area contributed by atoms with Crippen molar-refractivity contribution in [3.63, 3.8) is 0 Å². The summed E-state index contributed by atoms with van der Waals surface area (Å²) >= 11 is 0. The van der Waals surface area contributed by atoms with Crippen LogP contribution in [-0.2, 0) is 6.54 Å². The van der Waals surface area contributed by atoms with Gasteiger partial charge in [0.15, 0.2) is 5.69 Å². The quantitative estimate of drug-likeness (QED) is 0.439. The minimum Gasteiger partial charge on any atom is -0.383 e. The number of H-pyrrole nitrogens is 1. The van der Waals surface area contributed by atoms with E-state index in [1.165, 1.54) is 9.47 Å². The van der Waals surface area contributed by atoms with Crippen LogP contribution in [0.3, 0.4) is 0 Å². The molecule has 0 fully saturated rings. The molecule has 2 heterocycles. The number of aryl methyl sites for hydroxylation is 1. The van der Waals surface area contributed by atoms with Gasteiger partial charge in [0.25, 0.3) is 11.5 Å². The molecule has 3 aromatic rings. The van der Waals surface area contributed by atoms with Gasteiger partial charge in [-0.15, -0.1) is 0 Å². The zero-order valence-corrected chi connectivity index (χ0v) is 20.1. The van der Waals surface area contributed by atoms with E-state index in [4.69, 9.17) is 5.73 Å². The number of rotatable bonds is 10. The van der Waals surface area contributed by atoms with Crippen LogP contribution in [0.15, 0.2) is 52.1 Å². The second-order valence-electron chi connectivity index (χ2n) is 8.36. The number of nitrogen functional groups attached to an aromatic ring is 1. The van der Waals surface area contributed by atoms with Crippen LogP contribution in [0.1, 0.15) is 62.0 Å². The Balaban J connectivity index is 2.06. The monoisotopic (exact) mass is 463 g/mol. The largest absolute Gasteiger partial charge is 0.383 e. The van der Waals surface area contributed by atoms with E-state index in [1.54, 1.807) is 19.1 Å². The number of carbonyl (C=O) groups excluding carboxylic acids is 1. The zero-order chi connectivity index (χ0) is 24.7. The number of hydrogen-bond acceptors (Lipinski definition) is 5. The van der Waals surface area contributed by atoms with Gasteiger partial charge in [-0.1, -0.05) is 63.4 Å². The Kier molecular flexibility index (Phi) is 8.40. The summed E-state index contributed by atoms with van der Waals surface area (Å²) in [6.45, 7) is 6.53. The molecule has 0 aliphatic rings. The molecule has 2 aromatic heterocycles. The minimum atomic E-state index is -0.661. The molecule has 1 aromatic carbocycles. The van der Waals surface area contributed by atoms with Crippen molar-refractivity contribution in [2.45, 2.75) is 59.4 Å². The Bertz CT molecular complexity index is 1250. The summed E-state index contributed by atoms with van der Waals surface area (Å²) in [6, 6.07) is 13.3. The van der Waals surface area contributed by atoms with Crippen LogP contribution in [0.5, 0.6) is 0 Å². The van der Waals surface area contributed by atoms with E-state index in [9.17, 15) is 14.4 Å². The van der Waals surface area contributed by atoms with Crippen LogP contribution < -0.4 is 21.9 Å². The Morgan fingerprint density at radius 1 is 1.03 bits per heavy atom. The van der Waals surface area contributed by atoms with Gasteiger partial charge in [-0.25, -0.2) is 4.79 Å². The number of benzene rings is 1. The fourth-order valence-electron chi connectivity index (χ4n) is 3.91. The SMILES string of the molecule is CCCCCN(C(=O)c1ccc(-c2ccccc2)nc1C)c1c(N)n(CCCC)c(=O)[nH]c1=O. The molecule has 3 N–H and O–H groups in total. The van der Waals surface area contributed by atoms with Crippen molar-refractivity contribution in [3.8, 4) is 11.3 Å². The lowest BCUT2D eigenvalue weighted by atomic mass is 10.1. The van der Waals surface area contributed by atoms with Crippen LogP contribution in [0, 0.1) is 6.92 Å².